The summed E-state index contributed by atoms with van der Waals surface area (Å²) in [5, 5.41) is 22.4. The summed E-state index contributed by atoms with van der Waals surface area (Å²) in [5.74, 6) is 1.65. The molecule has 2 aliphatic rings. The van der Waals surface area contributed by atoms with E-state index in [2.05, 4.69) is 25.8 Å². The van der Waals surface area contributed by atoms with Crippen LogP contribution in [-0.2, 0) is 18.4 Å². The zero-order chi connectivity index (χ0) is 24.8. The molecule has 1 aliphatic heterocycles. The van der Waals surface area contributed by atoms with E-state index >= 15 is 0 Å². The number of fused-ring (bicyclic) bond motifs is 3. The number of alkyl halides is 3. The van der Waals surface area contributed by atoms with Crippen LogP contribution in [-0.4, -0.2) is 44.2 Å². The summed E-state index contributed by atoms with van der Waals surface area (Å²) in [5.41, 5.74) is 0.513. The fourth-order valence-electron chi connectivity index (χ4n) is 4.65. The quantitative estimate of drug-likeness (QED) is 0.418. The molecule has 3 aromatic heterocycles. The van der Waals surface area contributed by atoms with Crippen LogP contribution in [0.5, 0.6) is 0 Å². The zero-order valence-electron chi connectivity index (χ0n) is 19.3. The van der Waals surface area contributed by atoms with Crippen LogP contribution >= 0.6 is 11.3 Å². The smallest absolute Gasteiger partial charge is 0.375 e. The van der Waals surface area contributed by atoms with Crippen LogP contribution in [0.4, 0.5) is 19.0 Å². The van der Waals surface area contributed by atoms with E-state index in [9.17, 15) is 13.2 Å². The van der Waals surface area contributed by atoms with Crippen molar-refractivity contribution in [3.8, 4) is 22.1 Å². The molecule has 3 N–H and O–H groups in total. The Morgan fingerprint density at radius 2 is 2.06 bits per heavy atom. The Morgan fingerprint density at radius 1 is 1.26 bits per heavy atom. The average molecular weight is 503 g/mol. The van der Waals surface area contributed by atoms with Gasteiger partial charge in [-0.25, -0.2) is 9.97 Å². The average Bonchev–Trinajstić information content (AvgIpc) is 3.34. The number of rotatable bonds is 6. The number of halogens is 3. The minimum absolute atomic E-state index is 0.0257. The van der Waals surface area contributed by atoms with Gasteiger partial charge in [0.25, 0.3) is 0 Å². The van der Waals surface area contributed by atoms with Crippen molar-refractivity contribution in [3.05, 3.63) is 40.4 Å². The third kappa shape index (κ3) is 3.89. The van der Waals surface area contributed by atoms with Gasteiger partial charge in [-0.15, -0.1) is 21.5 Å². The van der Waals surface area contributed by atoms with Gasteiger partial charge in [-0.2, -0.15) is 13.2 Å². The van der Waals surface area contributed by atoms with Crippen molar-refractivity contribution < 1.29 is 13.2 Å². The van der Waals surface area contributed by atoms with Crippen LogP contribution in [0.1, 0.15) is 41.9 Å². The molecule has 4 heterocycles. The Morgan fingerprint density at radius 3 is 2.71 bits per heavy atom. The molecule has 1 fully saturated rings. The van der Waals surface area contributed by atoms with Crippen LogP contribution in [0.15, 0.2) is 24.2 Å². The third-order valence-electron chi connectivity index (χ3n) is 6.74. The molecule has 0 aromatic carbocycles. The van der Waals surface area contributed by atoms with E-state index in [0.29, 0.717) is 42.5 Å². The first-order valence-corrected chi connectivity index (χ1v) is 12.2. The summed E-state index contributed by atoms with van der Waals surface area (Å²) in [6, 6.07) is 1.88. The summed E-state index contributed by atoms with van der Waals surface area (Å²) < 4.78 is 43.7. The number of pyridine rings is 1. The SMILES string of the molecule is CN/C(=C\C=N)Nc1cc(-c2nc3c(s2)CCCn2c-3nnc2C2(C(F)(F)F)CCC2)c(C)cn1. The lowest BCUT2D eigenvalue weighted by Gasteiger charge is -2.42. The predicted molar refractivity (Wildman–Crippen MR) is 129 cm³/mol. The molecular weight excluding hydrogens is 477 g/mol. The van der Waals surface area contributed by atoms with Gasteiger partial charge in [0, 0.05) is 36.4 Å². The Balaban J connectivity index is 1.55. The van der Waals surface area contributed by atoms with Gasteiger partial charge in [0.2, 0.25) is 0 Å². The van der Waals surface area contributed by atoms with Crippen molar-refractivity contribution in [1.82, 2.24) is 30.0 Å². The van der Waals surface area contributed by atoms with Gasteiger partial charge in [-0.1, -0.05) is 6.42 Å². The molecule has 1 saturated carbocycles. The van der Waals surface area contributed by atoms with Crippen molar-refractivity contribution in [2.45, 2.75) is 57.2 Å². The lowest BCUT2D eigenvalue weighted by molar-refractivity contribution is -0.216. The zero-order valence-corrected chi connectivity index (χ0v) is 20.1. The molecule has 1 aliphatic carbocycles. The molecule has 12 heteroatoms. The summed E-state index contributed by atoms with van der Waals surface area (Å²) in [4.78, 5) is 10.3. The molecule has 0 spiro atoms. The van der Waals surface area contributed by atoms with Crippen LogP contribution in [0.2, 0.25) is 0 Å². The number of hydrogen-bond acceptors (Lipinski definition) is 8. The molecule has 5 rings (SSSR count). The van der Waals surface area contributed by atoms with E-state index in [0.717, 1.165) is 27.4 Å². The number of nitrogens with zero attached hydrogens (tertiary/aromatic N) is 5. The van der Waals surface area contributed by atoms with Crippen molar-refractivity contribution >= 4 is 23.4 Å². The fraction of sp³-hybridized carbons (Fsp3) is 0.435. The Bertz CT molecular complexity index is 1300. The van der Waals surface area contributed by atoms with Crippen molar-refractivity contribution in [1.29, 1.82) is 5.41 Å². The molecule has 3 aromatic rings. The minimum Gasteiger partial charge on any atom is -0.375 e. The number of allylic oxidation sites excluding steroid dienone is 1. The van der Waals surface area contributed by atoms with Gasteiger partial charge in [0.1, 0.15) is 33.6 Å². The van der Waals surface area contributed by atoms with E-state index in [-0.39, 0.29) is 18.7 Å². The van der Waals surface area contributed by atoms with Gasteiger partial charge in [0.15, 0.2) is 5.82 Å². The third-order valence-corrected chi connectivity index (χ3v) is 7.89. The molecule has 0 radical (unpaired) electrons. The first kappa shape index (κ1) is 23.5. The number of thiazole rings is 1. The monoisotopic (exact) mass is 502 g/mol. The second kappa shape index (κ2) is 8.74. The van der Waals surface area contributed by atoms with Crippen molar-refractivity contribution in [3.63, 3.8) is 0 Å². The standard InChI is InChI=1S/C23H25F3N8S/c1-13-12-29-17(30-16(28-2)6-9-27)11-14(13)20-31-18-15(35-20)5-3-10-34-19(18)32-33-21(34)22(7-4-8-22)23(24,25)26/h6,9,11-12,27-28H,3-5,7-8,10H2,1-2H3,(H,29,30)/b16-6+,27-9?. The summed E-state index contributed by atoms with van der Waals surface area (Å²) in [6.07, 6.45) is 2.19. The van der Waals surface area contributed by atoms with E-state index in [1.165, 1.54) is 17.6 Å². The highest BCUT2D eigenvalue weighted by Crippen LogP contribution is 2.54. The first-order chi connectivity index (χ1) is 16.8. The van der Waals surface area contributed by atoms with E-state index in [4.69, 9.17) is 10.4 Å². The maximum atomic E-state index is 14.0. The summed E-state index contributed by atoms with van der Waals surface area (Å²) >= 11 is 1.53. The van der Waals surface area contributed by atoms with Gasteiger partial charge in [-0.05, 0) is 50.3 Å². The number of anilines is 1. The van der Waals surface area contributed by atoms with Gasteiger partial charge in [-0.3, -0.25) is 0 Å². The minimum atomic E-state index is -4.35. The van der Waals surface area contributed by atoms with E-state index in [1.807, 2.05) is 13.0 Å². The molecule has 0 atom stereocenters. The van der Waals surface area contributed by atoms with Crippen LogP contribution in [0, 0.1) is 12.3 Å². The number of nitrogens with one attached hydrogen (secondary N) is 3. The molecule has 0 amide bonds. The number of aromatic nitrogens is 5. The van der Waals surface area contributed by atoms with Crippen LogP contribution in [0.25, 0.3) is 22.1 Å². The largest absolute Gasteiger partial charge is 0.401 e. The second-order valence-electron chi connectivity index (χ2n) is 8.83. The van der Waals surface area contributed by atoms with Crippen molar-refractivity contribution in [2.24, 2.45) is 0 Å². The van der Waals surface area contributed by atoms with Gasteiger partial charge < -0.3 is 20.6 Å². The summed E-state index contributed by atoms with van der Waals surface area (Å²) in [7, 11) is 1.74. The highest BCUT2D eigenvalue weighted by Gasteiger charge is 2.62. The maximum Gasteiger partial charge on any atom is 0.401 e. The fourth-order valence-corrected chi connectivity index (χ4v) is 5.83. The van der Waals surface area contributed by atoms with E-state index in [1.54, 1.807) is 23.9 Å². The molecular formula is C23H25F3N8S. The lowest BCUT2D eigenvalue weighted by Crippen LogP contribution is -2.49. The molecule has 0 unspecified atom stereocenters. The Kier molecular flexibility index (Phi) is 5.86. The molecule has 0 bridgehead atoms. The Hall–Kier alpha value is -3.28. The lowest BCUT2D eigenvalue weighted by atomic mass is 9.67. The van der Waals surface area contributed by atoms with E-state index < -0.39 is 11.6 Å². The molecule has 35 heavy (non-hydrogen) atoms. The normalized spacial score (nSPS) is 17.1. The highest BCUT2D eigenvalue weighted by atomic mass is 32.1. The second-order valence-corrected chi connectivity index (χ2v) is 9.92. The summed E-state index contributed by atoms with van der Waals surface area (Å²) in [6.45, 7) is 2.39. The highest BCUT2D eigenvalue weighted by molar-refractivity contribution is 7.15. The van der Waals surface area contributed by atoms with Gasteiger partial charge in [0.05, 0.1) is 0 Å². The number of aryl methyl sites for hydroxylation is 2. The van der Waals surface area contributed by atoms with Crippen molar-refractivity contribution in [2.75, 3.05) is 12.4 Å². The van der Waals surface area contributed by atoms with Crippen LogP contribution in [0.3, 0.4) is 0 Å². The molecule has 184 valence electrons. The topological polar surface area (TPSA) is 104 Å². The number of hydrogen-bond donors (Lipinski definition) is 3. The Labute approximate surface area is 204 Å². The van der Waals surface area contributed by atoms with Crippen LogP contribution < -0.4 is 10.6 Å². The first-order valence-electron chi connectivity index (χ1n) is 11.4. The maximum absolute atomic E-state index is 14.0. The molecule has 8 nitrogen and oxygen atoms in total. The van der Waals surface area contributed by atoms with Gasteiger partial charge >= 0.3 is 6.18 Å². The molecule has 0 saturated heterocycles. The predicted octanol–water partition coefficient (Wildman–Crippen LogP) is 4.82.